The van der Waals surface area contributed by atoms with Gasteiger partial charge < -0.3 is 20.3 Å². The van der Waals surface area contributed by atoms with E-state index in [0.717, 1.165) is 49.4 Å². The van der Waals surface area contributed by atoms with Crippen LogP contribution in [0, 0.1) is 17.2 Å². The van der Waals surface area contributed by atoms with E-state index in [2.05, 4.69) is 20.9 Å². The topological polar surface area (TPSA) is 147 Å². The number of hydrogen-bond acceptors (Lipinski definition) is 9. The Bertz CT molecular complexity index is 2140. The van der Waals surface area contributed by atoms with E-state index in [1.54, 1.807) is 56.3 Å². The summed E-state index contributed by atoms with van der Waals surface area (Å²) in [5, 5.41) is 17.5. The van der Waals surface area contributed by atoms with Gasteiger partial charge in [-0.3, -0.25) is 38.7 Å². The molecule has 3 aliphatic rings. The maximum atomic E-state index is 13.8. The quantitative estimate of drug-likeness (QED) is 0.0958. The lowest BCUT2D eigenvalue weighted by Gasteiger charge is -2.31. The highest BCUT2D eigenvalue weighted by molar-refractivity contribution is 7.81. The molecule has 3 heterocycles. The zero-order valence-electron chi connectivity index (χ0n) is 32.4. The van der Waals surface area contributed by atoms with Gasteiger partial charge in [-0.2, -0.15) is 18.4 Å². The number of imide groups is 1. The number of likely N-dealkylation sites (tertiary alicyclic amines) is 1. The van der Waals surface area contributed by atoms with Gasteiger partial charge in [0.25, 0.3) is 5.91 Å². The van der Waals surface area contributed by atoms with Gasteiger partial charge >= 0.3 is 6.18 Å². The van der Waals surface area contributed by atoms with Crippen LogP contribution in [0.2, 0.25) is 0 Å². The molecule has 18 heteroatoms. The van der Waals surface area contributed by atoms with E-state index in [1.165, 1.54) is 17.0 Å². The maximum absolute atomic E-state index is 13.8. The highest BCUT2D eigenvalue weighted by Gasteiger charge is 2.51. The fraction of sp³-hybridized carbons (Fsp3) is 0.415. The zero-order chi connectivity index (χ0) is 41.8. The van der Waals surface area contributed by atoms with Crippen LogP contribution in [0.1, 0.15) is 62.6 Å². The highest BCUT2D eigenvalue weighted by atomic mass is 35.5. The van der Waals surface area contributed by atoms with Crippen LogP contribution in [0.15, 0.2) is 60.7 Å². The summed E-state index contributed by atoms with van der Waals surface area (Å²) in [6, 6.07) is 16.1. The molecule has 6 rings (SSSR count). The van der Waals surface area contributed by atoms with Crippen LogP contribution >= 0.6 is 24.6 Å². The Morgan fingerprint density at radius 3 is 2.41 bits per heavy atom. The molecular weight excluding hydrogens is 814 g/mol. The second kappa shape index (κ2) is 18.7. The molecule has 0 aliphatic carbocycles. The molecule has 3 N–H and O–H groups in total. The second-order valence-corrected chi connectivity index (χ2v) is 15.4. The molecule has 59 heavy (non-hydrogen) atoms. The average molecular weight is 858 g/mol. The van der Waals surface area contributed by atoms with Crippen LogP contribution in [-0.4, -0.2) is 78.1 Å². The lowest BCUT2D eigenvalue weighted by atomic mass is 9.94. The van der Waals surface area contributed by atoms with Crippen LogP contribution in [-0.2, 0) is 31.8 Å². The summed E-state index contributed by atoms with van der Waals surface area (Å²) in [6.45, 7) is 4.54. The lowest BCUT2D eigenvalue weighted by molar-refractivity contribution is -0.138. The summed E-state index contributed by atoms with van der Waals surface area (Å²) >= 11 is 5.66. The Kier molecular flexibility index (Phi) is 14.2. The van der Waals surface area contributed by atoms with E-state index in [-0.39, 0.29) is 60.3 Å². The maximum Gasteiger partial charge on any atom is 0.417 e. The third kappa shape index (κ3) is 10.3. The van der Waals surface area contributed by atoms with Gasteiger partial charge in [-0.15, -0.1) is 12.4 Å². The van der Waals surface area contributed by atoms with Gasteiger partial charge in [0.05, 0.1) is 42.7 Å². The smallest absolute Gasteiger partial charge is 0.417 e. The second-order valence-electron chi connectivity index (χ2n) is 15.0. The molecule has 3 aromatic carbocycles. The molecule has 3 aliphatic heterocycles. The number of benzene rings is 3. The molecule has 12 nitrogen and oxygen atoms in total. The van der Waals surface area contributed by atoms with E-state index in [9.17, 15) is 42.0 Å². The molecule has 0 bridgehead atoms. The third-order valence-corrected chi connectivity index (χ3v) is 11.0. The monoisotopic (exact) mass is 857 g/mol. The molecule has 4 amide bonds. The van der Waals surface area contributed by atoms with Crippen molar-refractivity contribution in [3.63, 3.8) is 0 Å². The van der Waals surface area contributed by atoms with Crippen molar-refractivity contribution in [2.24, 2.45) is 5.92 Å². The Morgan fingerprint density at radius 1 is 1.02 bits per heavy atom. The minimum Gasteiger partial charge on any atom is -0.493 e. The number of nitriles is 1. The molecule has 0 aromatic heterocycles. The minimum atomic E-state index is -4.83. The van der Waals surface area contributed by atoms with Crippen molar-refractivity contribution >= 4 is 76.1 Å². The molecule has 3 fully saturated rings. The average Bonchev–Trinajstić information content (AvgIpc) is 3.35. The Labute approximate surface area is 350 Å². The molecule has 0 radical (unpaired) electrons. The molecular formula is C41H44ClF4N7O5S. The number of thiocarbonyl (C=S) groups is 1. The first-order chi connectivity index (χ1) is 27.6. The Morgan fingerprint density at radius 2 is 1.73 bits per heavy atom. The van der Waals surface area contributed by atoms with Crippen LogP contribution in [0.3, 0.4) is 0 Å². The number of amides is 4. The molecule has 3 saturated heterocycles. The van der Waals surface area contributed by atoms with Crippen LogP contribution in [0.25, 0.3) is 0 Å². The van der Waals surface area contributed by atoms with E-state index >= 15 is 0 Å². The predicted octanol–water partition coefficient (Wildman–Crippen LogP) is 6.76. The summed E-state index contributed by atoms with van der Waals surface area (Å²) in [4.78, 5) is 54.7. The number of anilines is 4. The number of carbonyl (C=O) groups is 4. The van der Waals surface area contributed by atoms with Gasteiger partial charge in [-0.25, -0.2) is 0 Å². The van der Waals surface area contributed by atoms with Gasteiger partial charge in [0, 0.05) is 29.9 Å². The number of carbonyl (C=O) groups excluding carboxylic acids is 4. The fourth-order valence-corrected chi connectivity index (χ4v) is 8.02. The minimum absolute atomic E-state index is 0. The number of ether oxygens (including phenoxy) is 1. The van der Waals surface area contributed by atoms with Crippen molar-refractivity contribution < 1.29 is 41.5 Å². The standard InChI is InChI=1S/C41H43F4N7O5S.ClH/c1-40(2)38(56)51(30-7-6-27(23-46)32(22-30)41(43,44)45)39(58)52(40)31-8-10-34(26(20-31)12-16-42)57-19-15-25-13-17-50(18-14-25)24-36(54)48-29-5-3-4-28(21-29)47-33-9-11-35(53)49-37(33)55;/h3-8,10,20-22,25,33,47H,9,11-19,24H2,1-2H3,(H,48,54)(H,49,53,55);1H. The zero-order valence-corrected chi connectivity index (χ0v) is 34.0. The van der Waals surface area contributed by atoms with E-state index < -0.39 is 41.5 Å². The van der Waals surface area contributed by atoms with Gasteiger partial charge in [-0.05, 0) is 131 Å². The van der Waals surface area contributed by atoms with Gasteiger partial charge in [0.15, 0.2) is 5.11 Å². The number of aryl methyl sites for hydroxylation is 1. The molecule has 3 aromatic rings. The summed E-state index contributed by atoms with van der Waals surface area (Å²) in [5.41, 5.74) is -0.967. The van der Waals surface area contributed by atoms with Crippen molar-refractivity contribution in [2.45, 2.75) is 70.1 Å². The van der Waals surface area contributed by atoms with E-state index in [1.807, 2.05) is 0 Å². The first kappa shape index (κ1) is 44.8. The summed E-state index contributed by atoms with van der Waals surface area (Å²) in [7, 11) is 0. The summed E-state index contributed by atoms with van der Waals surface area (Å²) in [6.07, 6.45) is -1.71. The summed E-state index contributed by atoms with van der Waals surface area (Å²) in [5.74, 6) is -0.583. The number of nitrogens with zero attached hydrogens (tertiary/aromatic N) is 4. The number of halogens is 5. The first-order valence-corrected chi connectivity index (χ1v) is 19.3. The van der Waals surface area contributed by atoms with Crippen LogP contribution in [0.5, 0.6) is 5.75 Å². The number of rotatable bonds is 13. The van der Waals surface area contributed by atoms with E-state index in [0.29, 0.717) is 47.3 Å². The van der Waals surface area contributed by atoms with Crippen molar-refractivity contribution in [1.82, 2.24) is 10.2 Å². The summed E-state index contributed by atoms with van der Waals surface area (Å²) < 4.78 is 61.2. The molecule has 314 valence electrons. The van der Waals surface area contributed by atoms with E-state index in [4.69, 9.17) is 17.0 Å². The normalized spacial score (nSPS) is 18.6. The molecule has 0 spiro atoms. The van der Waals surface area contributed by atoms with Gasteiger partial charge in [0.2, 0.25) is 17.7 Å². The number of alkyl halides is 4. The molecule has 1 unspecified atom stereocenters. The van der Waals surface area contributed by atoms with Crippen molar-refractivity contribution in [3.8, 4) is 11.8 Å². The third-order valence-electron chi connectivity index (χ3n) is 10.6. The SMILES string of the molecule is CC1(C)C(=O)N(c2ccc(C#N)c(C(F)(F)F)c2)C(=S)N1c1ccc(OCCC2CCN(CC(=O)Nc3cccc(NC4CCC(=O)NC4=O)c3)CC2)c(CCF)c1.Cl. The first-order valence-electron chi connectivity index (χ1n) is 18.9. The number of piperidine rings is 2. The number of nitrogens with one attached hydrogen (secondary N) is 3. The van der Waals surface area contributed by atoms with Crippen molar-refractivity contribution in [1.29, 1.82) is 5.26 Å². The Balaban J connectivity index is 0.00000661. The van der Waals surface area contributed by atoms with Crippen LogP contribution in [0.4, 0.5) is 40.3 Å². The van der Waals surface area contributed by atoms with Crippen molar-refractivity contribution in [2.75, 3.05) is 53.3 Å². The van der Waals surface area contributed by atoms with Gasteiger partial charge in [0.1, 0.15) is 17.3 Å². The van der Waals surface area contributed by atoms with Crippen molar-refractivity contribution in [3.05, 3.63) is 77.4 Å². The fourth-order valence-electron chi connectivity index (χ4n) is 7.49. The lowest BCUT2D eigenvalue weighted by Crippen LogP contribution is -2.47. The highest BCUT2D eigenvalue weighted by Crippen LogP contribution is 2.41. The largest absolute Gasteiger partial charge is 0.493 e. The molecule has 1 atom stereocenters. The number of hydrogen-bond donors (Lipinski definition) is 3. The predicted molar refractivity (Wildman–Crippen MR) is 220 cm³/mol. The Hall–Kier alpha value is -5.31. The van der Waals surface area contributed by atoms with Gasteiger partial charge in [-0.1, -0.05) is 6.07 Å². The molecule has 0 saturated carbocycles. The van der Waals surface area contributed by atoms with Crippen LogP contribution < -0.4 is 30.5 Å².